The molecule has 0 bridgehead atoms. The van der Waals surface area contributed by atoms with Crippen LogP contribution in [0.2, 0.25) is 0 Å². The van der Waals surface area contributed by atoms with Crippen LogP contribution in [-0.2, 0) is 9.53 Å². The molecule has 0 aliphatic carbocycles. The van der Waals surface area contributed by atoms with Crippen molar-refractivity contribution in [3.8, 4) is 0 Å². The summed E-state index contributed by atoms with van der Waals surface area (Å²) in [5.74, 6) is 0. The summed E-state index contributed by atoms with van der Waals surface area (Å²) in [5, 5.41) is 1.14. The van der Waals surface area contributed by atoms with E-state index >= 15 is 0 Å². The maximum absolute atomic E-state index is 9.18. The quantitative estimate of drug-likeness (QED) is 0.786. The van der Waals surface area contributed by atoms with Gasteiger partial charge in [-0.2, -0.15) is 0 Å². The molecule has 0 aliphatic rings. The number of halogens is 1. The van der Waals surface area contributed by atoms with E-state index in [1.54, 1.807) is 13.2 Å². The molecule has 0 spiro atoms. The molecule has 2 aromatic rings. The second-order valence-corrected chi connectivity index (χ2v) is 3.57. The average Bonchev–Trinajstić information content (AvgIpc) is 2.67. The highest BCUT2D eigenvalue weighted by molar-refractivity contribution is 9.10. The van der Waals surface area contributed by atoms with Crippen molar-refractivity contribution in [2.24, 2.45) is 0 Å². The molecule has 0 aliphatic heterocycles. The van der Waals surface area contributed by atoms with Gasteiger partial charge >= 0.3 is 0 Å². The first kappa shape index (κ1) is 11.8. The number of hydrogen-bond acceptors (Lipinski definition) is 3. The Morgan fingerprint density at radius 1 is 1.47 bits per heavy atom. The van der Waals surface area contributed by atoms with Crippen molar-refractivity contribution in [1.82, 2.24) is 0 Å². The van der Waals surface area contributed by atoms with Crippen molar-refractivity contribution in [3.63, 3.8) is 0 Å². The van der Waals surface area contributed by atoms with Gasteiger partial charge in [-0.05, 0) is 25.1 Å². The van der Waals surface area contributed by atoms with Gasteiger partial charge < -0.3 is 9.15 Å². The van der Waals surface area contributed by atoms with E-state index in [9.17, 15) is 4.79 Å². The third-order valence-corrected chi connectivity index (χ3v) is 2.15. The Morgan fingerprint density at radius 3 is 2.87 bits per heavy atom. The van der Waals surface area contributed by atoms with Gasteiger partial charge in [0.2, 0.25) is 0 Å². The van der Waals surface area contributed by atoms with Crippen LogP contribution in [0.25, 0.3) is 11.0 Å². The first-order valence-corrected chi connectivity index (χ1v) is 5.25. The Balaban J connectivity index is 0.000000195. The molecular formula is C11H11BrO3. The fraction of sp³-hybridized carbons (Fsp3) is 0.182. The Hall–Kier alpha value is -1.29. The molecule has 0 amide bonds. The summed E-state index contributed by atoms with van der Waals surface area (Å²) in [4.78, 5) is 9.18. The van der Waals surface area contributed by atoms with Gasteiger partial charge in [-0.1, -0.05) is 22.0 Å². The van der Waals surface area contributed by atoms with Gasteiger partial charge in [0, 0.05) is 9.86 Å². The van der Waals surface area contributed by atoms with Crippen LogP contribution < -0.4 is 0 Å². The van der Waals surface area contributed by atoms with E-state index < -0.39 is 0 Å². The van der Waals surface area contributed by atoms with E-state index in [0.29, 0.717) is 13.1 Å². The van der Waals surface area contributed by atoms with E-state index in [0.717, 1.165) is 15.4 Å². The smallest absolute Gasteiger partial charge is 0.293 e. The molecule has 0 N–H and O–H groups in total. The lowest BCUT2D eigenvalue weighted by Crippen LogP contribution is -1.80. The van der Waals surface area contributed by atoms with Crippen LogP contribution in [-0.4, -0.2) is 13.1 Å². The maximum Gasteiger partial charge on any atom is 0.293 e. The minimum Gasteiger partial charge on any atom is -0.468 e. The van der Waals surface area contributed by atoms with Gasteiger partial charge in [-0.3, -0.25) is 4.79 Å². The van der Waals surface area contributed by atoms with Gasteiger partial charge in [-0.25, -0.2) is 0 Å². The van der Waals surface area contributed by atoms with Crippen molar-refractivity contribution < 1.29 is 13.9 Å². The van der Waals surface area contributed by atoms with Crippen molar-refractivity contribution in [2.75, 3.05) is 6.61 Å². The minimum absolute atomic E-state index is 0.431. The van der Waals surface area contributed by atoms with Crippen LogP contribution in [0.3, 0.4) is 0 Å². The summed E-state index contributed by atoms with van der Waals surface area (Å²) in [6.07, 6.45) is 1.69. The van der Waals surface area contributed by atoms with Gasteiger partial charge in [-0.15, -0.1) is 0 Å². The SMILES string of the molecule is Brc1ccc2ccoc2c1.CCOC=O. The van der Waals surface area contributed by atoms with E-state index in [1.165, 1.54) is 0 Å². The molecule has 0 saturated heterocycles. The first-order valence-electron chi connectivity index (χ1n) is 4.46. The van der Waals surface area contributed by atoms with E-state index in [4.69, 9.17) is 4.42 Å². The number of ether oxygens (including phenoxy) is 1. The molecule has 0 fully saturated rings. The van der Waals surface area contributed by atoms with E-state index in [-0.39, 0.29) is 0 Å². The van der Waals surface area contributed by atoms with Crippen LogP contribution in [0.1, 0.15) is 6.92 Å². The number of benzene rings is 1. The Labute approximate surface area is 96.2 Å². The third-order valence-electron chi connectivity index (χ3n) is 1.65. The van der Waals surface area contributed by atoms with Crippen molar-refractivity contribution in [3.05, 3.63) is 35.0 Å². The topological polar surface area (TPSA) is 39.4 Å². The van der Waals surface area contributed by atoms with Crippen LogP contribution >= 0.6 is 15.9 Å². The Bertz CT molecular complexity index is 422. The zero-order chi connectivity index (χ0) is 11.1. The number of carbonyl (C=O) groups is 1. The molecular weight excluding hydrogens is 260 g/mol. The molecule has 15 heavy (non-hydrogen) atoms. The number of rotatable bonds is 2. The van der Waals surface area contributed by atoms with Crippen molar-refractivity contribution in [2.45, 2.75) is 6.92 Å². The van der Waals surface area contributed by atoms with Crippen molar-refractivity contribution in [1.29, 1.82) is 0 Å². The predicted molar refractivity (Wildman–Crippen MR) is 61.6 cm³/mol. The normalized spacial score (nSPS) is 9.20. The standard InChI is InChI=1S/C8H5BrO.C3H6O2/c9-7-2-1-6-3-4-10-8(6)5-7;1-2-5-3-4/h1-5H;3H,2H2,1H3. The lowest BCUT2D eigenvalue weighted by molar-refractivity contribution is -0.128. The highest BCUT2D eigenvalue weighted by Crippen LogP contribution is 2.19. The zero-order valence-corrected chi connectivity index (χ0v) is 9.86. The number of fused-ring (bicyclic) bond motifs is 1. The number of carbonyl (C=O) groups excluding carboxylic acids is 1. The number of hydrogen-bond donors (Lipinski definition) is 0. The van der Waals surface area contributed by atoms with Gasteiger partial charge in [0.15, 0.2) is 0 Å². The van der Waals surface area contributed by atoms with Gasteiger partial charge in [0.05, 0.1) is 12.9 Å². The van der Waals surface area contributed by atoms with Crippen LogP contribution in [0.5, 0.6) is 0 Å². The molecule has 1 aromatic carbocycles. The van der Waals surface area contributed by atoms with E-state index in [1.807, 2.05) is 24.3 Å². The lowest BCUT2D eigenvalue weighted by Gasteiger charge is -1.87. The highest BCUT2D eigenvalue weighted by Gasteiger charge is 1.94. The summed E-state index contributed by atoms with van der Waals surface area (Å²) in [6, 6.07) is 7.91. The summed E-state index contributed by atoms with van der Waals surface area (Å²) >= 11 is 3.36. The third kappa shape index (κ3) is 3.75. The summed E-state index contributed by atoms with van der Waals surface area (Å²) in [6.45, 7) is 2.66. The first-order chi connectivity index (χ1) is 7.27. The highest BCUT2D eigenvalue weighted by atomic mass is 79.9. The van der Waals surface area contributed by atoms with Crippen LogP contribution in [0, 0.1) is 0 Å². The summed E-state index contributed by atoms with van der Waals surface area (Å²) in [7, 11) is 0. The largest absolute Gasteiger partial charge is 0.468 e. The molecule has 0 radical (unpaired) electrons. The second-order valence-electron chi connectivity index (χ2n) is 2.65. The molecule has 0 saturated carbocycles. The Morgan fingerprint density at radius 2 is 2.27 bits per heavy atom. The summed E-state index contributed by atoms with van der Waals surface area (Å²) < 4.78 is 10.4. The molecule has 0 atom stereocenters. The fourth-order valence-corrected chi connectivity index (χ4v) is 1.34. The average molecular weight is 271 g/mol. The molecule has 4 heteroatoms. The molecule has 0 unspecified atom stereocenters. The van der Waals surface area contributed by atoms with Crippen LogP contribution in [0.4, 0.5) is 0 Å². The predicted octanol–water partition coefficient (Wildman–Crippen LogP) is 3.37. The van der Waals surface area contributed by atoms with E-state index in [2.05, 4.69) is 20.7 Å². The number of furan rings is 1. The fourth-order valence-electron chi connectivity index (χ4n) is 0.997. The van der Waals surface area contributed by atoms with Gasteiger partial charge in [0.1, 0.15) is 5.58 Å². The maximum atomic E-state index is 9.18. The molecule has 3 nitrogen and oxygen atoms in total. The Kier molecular flexibility index (Phi) is 4.90. The summed E-state index contributed by atoms with van der Waals surface area (Å²) in [5.41, 5.74) is 0.925. The van der Waals surface area contributed by atoms with Gasteiger partial charge in [0.25, 0.3) is 6.47 Å². The lowest BCUT2D eigenvalue weighted by atomic mass is 10.3. The van der Waals surface area contributed by atoms with Crippen molar-refractivity contribution >= 4 is 33.4 Å². The second kappa shape index (κ2) is 6.24. The molecule has 2 rings (SSSR count). The minimum atomic E-state index is 0.431. The molecule has 80 valence electrons. The zero-order valence-electron chi connectivity index (χ0n) is 8.27. The molecule has 1 aromatic heterocycles. The monoisotopic (exact) mass is 270 g/mol. The van der Waals surface area contributed by atoms with Crippen LogP contribution in [0.15, 0.2) is 39.4 Å². The molecule has 1 heterocycles.